The van der Waals surface area contributed by atoms with Gasteiger partial charge in [-0.25, -0.2) is 9.48 Å². The van der Waals surface area contributed by atoms with Crippen molar-refractivity contribution >= 4 is 52.6 Å². The van der Waals surface area contributed by atoms with Crippen molar-refractivity contribution in [1.29, 1.82) is 0 Å². The van der Waals surface area contributed by atoms with Crippen LogP contribution < -0.4 is 25.8 Å². The number of piperidine rings is 2. The Labute approximate surface area is 266 Å². The van der Waals surface area contributed by atoms with Gasteiger partial charge in [0.15, 0.2) is 5.11 Å². The average molecular weight is 625 g/mol. The third-order valence-corrected chi connectivity index (χ3v) is 8.87. The predicted molar refractivity (Wildman–Crippen MR) is 178 cm³/mol. The van der Waals surface area contributed by atoms with E-state index in [4.69, 9.17) is 32.3 Å². The second kappa shape index (κ2) is 12.3. The van der Waals surface area contributed by atoms with E-state index in [0.717, 1.165) is 97.8 Å². The van der Waals surface area contributed by atoms with Crippen molar-refractivity contribution in [3.63, 3.8) is 0 Å². The first kappa shape index (κ1) is 29.0. The third-order valence-electron chi connectivity index (χ3n) is 8.65. The number of aromatic carboxylic acids is 1. The number of carboxylic acid groups (broad SMARTS) is 1. The molecule has 2 aromatic carbocycles. The lowest BCUT2D eigenvalue weighted by atomic mass is 9.96. The van der Waals surface area contributed by atoms with Crippen molar-refractivity contribution < 1.29 is 9.90 Å². The van der Waals surface area contributed by atoms with Gasteiger partial charge in [0.1, 0.15) is 5.82 Å². The van der Waals surface area contributed by atoms with Gasteiger partial charge in [-0.1, -0.05) is 12.1 Å². The molecule has 13 heteroatoms. The van der Waals surface area contributed by atoms with Crippen molar-refractivity contribution in [3.8, 4) is 5.69 Å². The Morgan fingerprint density at radius 3 is 2.04 bits per heavy atom. The van der Waals surface area contributed by atoms with Gasteiger partial charge in [-0.15, -0.1) is 0 Å². The van der Waals surface area contributed by atoms with E-state index in [2.05, 4.69) is 25.8 Å². The average Bonchev–Trinajstić information content (AvgIpc) is 3.41. The molecule has 3 aliphatic heterocycles. The van der Waals surface area contributed by atoms with Crippen molar-refractivity contribution in [2.45, 2.75) is 51.5 Å². The van der Waals surface area contributed by atoms with Gasteiger partial charge in [0, 0.05) is 37.4 Å². The smallest absolute Gasteiger partial charge is 0.335 e. The van der Waals surface area contributed by atoms with Crippen LogP contribution in [-0.4, -0.2) is 67.1 Å². The van der Waals surface area contributed by atoms with E-state index in [9.17, 15) is 9.90 Å². The number of fused-ring (bicyclic) bond motifs is 1. The van der Waals surface area contributed by atoms with Crippen LogP contribution in [0.5, 0.6) is 0 Å². The molecule has 4 N–H and O–H groups in total. The largest absolute Gasteiger partial charge is 0.478 e. The topological polar surface area (TPSA) is 136 Å². The number of nitrogens with one attached hydrogen (secondary N) is 3. The number of hydrogen-bond acceptors (Lipinski definition) is 9. The number of carboxylic acids is 1. The van der Waals surface area contributed by atoms with E-state index >= 15 is 0 Å². The molecule has 7 rings (SSSR count). The second-order valence-electron chi connectivity index (χ2n) is 11.7. The Morgan fingerprint density at radius 1 is 0.867 bits per heavy atom. The fourth-order valence-electron chi connectivity index (χ4n) is 6.30. The normalized spacial score (nSPS) is 18.2. The lowest BCUT2D eigenvalue weighted by Gasteiger charge is -2.30. The zero-order chi connectivity index (χ0) is 30.9. The zero-order valence-corrected chi connectivity index (χ0v) is 26.0. The summed E-state index contributed by atoms with van der Waals surface area (Å²) in [6, 6.07) is 14.5. The summed E-state index contributed by atoms with van der Waals surface area (Å²) in [6.45, 7) is 5.82. The summed E-state index contributed by atoms with van der Waals surface area (Å²) in [5.74, 6) is 1.84. The third kappa shape index (κ3) is 5.99. The van der Waals surface area contributed by atoms with Crippen LogP contribution in [0, 0.1) is 6.92 Å². The molecule has 3 aliphatic rings. The first-order chi connectivity index (χ1) is 21.9. The zero-order valence-electron chi connectivity index (χ0n) is 25.2. The number of aryl methyl sites for hydroxylation is 1. The molecule has 0 spiro atoms. The van der Waals surface area contributed by atoms with Gasteiger partial charge < -0.3 is 30.9 Å². The SMILES string of the molecule is Cc1nn(-c2ccc(Nc3nc(N4CCCCC4)nc(N4CCCCC4)n3)cc2)c2c1C(c1ccc(C(=O)O)cc1)NC(=S)N2. The number of carbonyl (C=O) groups is 1. The van der Waals surface area contributed by atoms with E-state index in [1.54, 1.807) is 12.1 Å². The molecule has 5 heterocycles. The van der Waals surface area contributed by atoms with Crippen molar-refractivity contribution in [3.05, 3.63) is 70.9 Å². The fraction of sp³-hybridized carbons (Fsp3) is 0.375. The summed E-state index contributed by atoms with van der Waals surface area (Å²) >= 11 is 5.56. The summed E-state index contributed by atoms with van der Waals surface area (Å²) < 4.78 is 1.85. The van der Waals surface area contributed by atoms with Crippen LogP contribution in [-0.2, 0) is 0 Å². The number of benzene rings is 2. The second-order valence-corrected chi connectivity index (χ2v) is 12.2. The number of anilines is 5. The first-order valence-corrected chi connectivity index (χ1v) is 16.0. The maximum atomic E-state index is 11.4. The highest BCUT2D eigenvalue weighted by Gasteiger charge is 2.31. The van der Waals surface area contributed by atoms with Gasteiger partial charge in [-0.3, -0.25) is 0 Å². The summed E-state index contributed by atoms with van der Waals surface area (Å²) in [5.41, 5.74) is 4.65. The predicted octanol–water partition coefficient (Wildman–Crippen LogP) is 5.18. The highest BCUT2D eigenvalue weighted by atomic mass is 32.1. The molecule has 4 aromatic rings. The quantitative estimate of drug-likeness (QED) is 0.202. The Balaban J connectivity index is 1.16. The molecule has 2 saturated heterocycles. The van der Waals surface area contributed by atoms with Crippen molar-refractivity contribution in [2.24, 2.45) is 0 Å². The van der Waals surface area contributed by atoms with Gasteiger partial charge in [-0.2, -0.15) is 20.1 Å². The molecule has 232 valence electrons. The lowest BCUT2D eigenvalue weighted by Crippen LogP contribution is -2.38. The molecule has 0 saturated carbocycles. The Hall–Kier alpha value is -4.78. The summed E-state index contributed by atoms with van der Waals surface area (Å²) in [7, 11) is 0. The number of hydrogen-bond donors (Lipinski definition) is 4. The van der Waals surface area contributed by atoms with E-state index in [0.29, 0.717) is 11.1 Å². The summed E-state index contributed by atoms with van der Waals surface area (Å²) in [6.07, 6.45) is 7.10. The van der Waals surface area contributed by atoms with Gasteiger partial charge in [0.05, 0.1) is 23.0 Å². The van der Waals surface area contributed by atoms with Crippen LogP contribution in [0.1, 0.15) is 71.7 Å². The number of thiocarbonyl (C=S) groups is 1. The number of nitrogens with zero attached hydrogens (tertiary/aromatic N) is 7. The van der Waals surface area contributed by atoms with Crippen LogP contribution in [0.2, 0.25) is 0 Å². The molecular formula is C32H36N10O2S. The fourth-order valence-corrected chi connectivity index (χ4v) is 6.52. The molecule has 2 aromatic heterocycles. The van der Waals surface area contributed by atoms with Crippen LogP contribution in [0.15, 0.2) is 48.5 Å². The first-order valence-electron chi connectivity index (χ1n) is 15.6. The summed E-state index contributed by atoms with van der Waals surface area (Å²) in [4.78, 5) is 30.5. The molecule has 45 heavy (non-hydrogen) atoms. The maximum absolute atomic E-state index is 11.4. The van der Waals surface area contributed by atoms with Crippen LogP contribution >= 0.6 is 12.2 Å². The van der Waals surface area contributed by atoms with Gasteiger partial charge in [0.2, 0.25) is 17.8 Å². The lowest BCUT2D eigenvalue weighted by molar-refractivity contribution is 0.0697. The van der Waals surface area contributed by atoms with Gasteiger partial charge in [0.25, 0.3) is 0 Å². The van der Waals surface area contributed by atoms with Crippen LogP contribution in [0.4, 0.5) is 29.4 Å². The Bertz CT molecular complexity index is 1670. The number of rotatable bonds is 7. The maximum Gasteiger partial charge on any atom is 0.335 e. The highest BCUT2D eigenvalue weighted by Crippen LogP contribution is 2.36. The Kier molecular flexibility index (Phi) is 7.92. The molecule has 0 amide bonds. The molecular weight excluding hydrogens is 588 g/mol. The molecule has 1 unspecified atom stereocenters. The highest BCUT2D eigenvalue weighted by molar-refractivity contribution is 7.80. The standard InChI is InChI=1S/C32H36N10O2S/c1-20-25-26(21-8-10-22(11-9-21)28(43)44)34-32(45)35-27(25)42(39-20)24-14-12-23(13-15-24)33-29-36-30(40-16-4-2-5-17-40)38-31(37-29)41-18-6-3-7-19-41/h8-15,26H,2-7,16-19H2,1H3,(H,43,44)(H2,34,35,45)(H,33,36,37,38). The molecule has 0 aliphatic carbocycles. The monoisotopic (exact) mass is 624 g/mol. The minimum Gasteiger partial charge on any atom is -0.478 e. The van der Waals surface area contributed by atoms with Gasteiger partial charge in [-0.05, 0) is 99.6 Å². The minimum absolute atomic E-state index is 0.235. The van der Waals surface area contributed by atoms with Crippen molar-refractivity contribution in [1.82, 2.24) is 30.0 Å². The van der Waals surface area contributed by atoms with E-state index < -0.39 is 5.97 Å². The van der Waals surface area contributed by atoms with E-state index in [-0.39, 0.29) is 11.6 Å². The number of aromatic nitrogens is 5. The van der Waals surface area contributed by atoms with Crippen LogP contribution in [0.25, 0.3) is 5.69 Å². The van der Waals surface area contributed by atoms with E-state index in [1.807, 2.05) is 48.0 Å². The minimum atomic E-state index is -0.960. The molecule has 1 atom stereocenters. The van der Waals surface area contributed by atoms with Crippen molar-refractivity contribution in [2.75, 3.05) is 46.6 Å². The van der Waals surface area contributed by atoms with E-state index in [1.165, 1.54) is 12.8 Å². The van der Waals surface area contributed by atoms with Crippen LogP contribution in [0.3, 0.4) is 0 Å². The Morgan fingerprint density at radius 2 is 1.47 bits per heavy atom. The molecule has 0 radical (unpaired) electrons. The molecule has 12 nitrogen and oxygen atoms in total. The molecule has 0 bridgehead atoms. The van der Waals surface area contributed by atoms with Gasteiger partial charge >= 0.3 is 5.97 Å². The summed E-state index contributed by atoms with van der Waals surface area (Å²) in [5, 5.41) is 24.7. The molecule has 2 fully saturated rings.